The molecule has 0 aromatic heterocycles. The zero-order valence-electron chi connectivity index (χ0n) is 9.89. The molecule has 0 spiro atoms. The third kappa shape index (κ3) is 3.22. The molecule has 1 aromatic carbocycles. The first-order valence-corrected chi connectivity index (χ1v) is 7.55. The highest BCUT2D eigenvalue weighted by Crippen LogP contribution is 2.39. The van der Waals surface area contributed by atoms with Crippen LogP contribution >= 0.6 is 38.5 Å². The molecule has 0 saturated heterocycles. The first-order chi connectivity index (χ1) is 7.90. The van der Waals surface area contributed by atoms with E-state index in [0.717, 1.165) is 8.04 Å². The average Bonchev–Trinajstić information content (AvgIpc) is 3.04. The summed E-state index contributed by atoms with van der Waals surface area (Å²) in [5.41, 5.74) is 0.614. The van der Waals surface area contributed by atoms with Crippen molar-refractivity contribution in [3.63, 3.8) is 0 Å². The number of hydrogen-bond acceptors (Lipinski definition) is 1. The van der Waals surface area contributed by atoms with Gasteiger partial charge in [-0.1, -0.05) is 0 Å². The maximum absolute atomic E-state index is 12.2. The molecule has 1 aliphatic rings. The highest BCUT2D eigenvalue weighted by molar-refractivity contribution is 14.1. The van der Waals surface area contributed by atoms with E-state index in [2.05, 4.69) is 57.7 Å². The zero-order chi connectivity index (χ0) is 12.6. The van der Waals surface area contributed by atoms with Crippen LogP contribution in [0.25, 0.3) is 0 Å². The van der Waals surface area contributed by atoms with Gasteiger partial charge < -0.3 is 5.32 Å². The summed E-state index contributed by atoms with van der Waals surface area (Å²) < 4.78 is 1.92. The molecule has 92 valence electrons. The minimum Gasteiger partial charge on any atom is -0.347 e. The second kappa shape index (κ2) is 4.88. The number of hydrogen-bond donors (Lipinski definition) is 1. The van der Waals surface area contributed by atoms with Gasteiger partial charge in [0.05, 0.1) is 5.56 Å². The molecule has 2 rings (SSSR count). The van der Waals surface area contributed by atoms with Gasteiger partial charge in [0.2, 0.25) is 0 Å². The van der Waals surface area contributed by atoms with Crippen LogP contribution in [0.3, 0.4) is 0 Å². The Bertz CT molecular complexity index is 455. The molecule has 0 unspecified atom stereocenters. The number of nitrogens with one attached hydrogen (secondary N) is 1. The Kier molecular flexibility index (Phi) is 3.83. The lowest BCUT2D eigenvalue weighted by atomic mass is 9.98. The van der Waals surface area contributed by atoms with Crippen LogP contribution in [0.5, 0.6) is 0 Å². The van der Waals surface area contributed by atoms with Gasteiger partial charge in [-0.2, -0.15) is 0 Å². The van der Waals surface area contributed by atoms with E-state index in [0.29, 0.717) is 11.5 Å². The van der Waals surface area contributed by atoms with Crippen molar-refractivity contribution < 1.29 is 4.79 Å². The van der Waals surface area contributed by atoms with Crippen molar-refractivity contribution in [3.8, 4) is 0 Å². The quantitative estimate of drug-likeness (QED) is 0.754. The third-order valence-corrected chi connectivity index (χ3v) is 4.57. The SMILES string of the molecule is CC(C)(NC(=O)c1cc(I)ccc1Br)C1CC1. The normalized spacial score (nSPS) is 15.8. The average molecular weight is 408 g/mol. The molecule has 0 atom stereocenters. The van der Waals surface area contributed by atoms with Crippen LogP contribution in [0.1, 0.15) is 37.0 Å². The van der Waals surface area contributed by atoms with Crippen molar-refractivity contribution in [1.82, 2.24) is 5.32 Å². The van der Waals surface area contributed by atoms with Gasteiger partial charge in [0.1, 0.15) is 0 Å². The third-order valence-electron chi connectivity index (χ3n) is 3.21. The van der Waals surface area contributed by atoms with Crippen LogP contribution in [-0.2, 0) is 0 Å². The molecule has 0 heterocycles. The maximum atomic E-state index is 12.2. The van der Waals surface area contributed by atoms with Crippen molar-refractivity contribution in [2.45, 2.75) is 32.2 Å². The first kappa shape index (κ1) is 13.3. The van der Waals surface area contributed by atoms with E-state index >= 15 is 0 Å². The summed E-state index contributed by atoms with van der Waals surface area (Å²) in [5.74, 6) is 0.639. The van der Waals surface area contributed by atoms with Crippen LogP contribution in [0.4, 0.5) is 0 Å². The molecule has 1 aromatic rings. The Labute approximate surface area is 124 Å². The Morgan fingerprint density at radius 3 is 2.71 bits per heavy atom. The van der Waals surface area contributed by atoms with Crippen LogP contribution in [0, 0.1) is 9.49 Å². The van der Waals surface area contributed by atoms with Crippen molar-refractivity contribution in [1.29, 1.82) is 0 Å². The van der Waals surface area contributed by atoms with E-state index in [1.807, 2.05) is 18.2 Å². The monoisotopic (exact) mass is 407 g/mol. The van der Waals surface area contributed by atoms with Gasteiger partial charge in [-0.05, 0) is 89.3 Å². The van der Waals surface area contributed by atoms with Gasteiger partial charge in [0.15, 0.2) is 0 Å². The summed E-state index contributed by atoms with van der Waals surface area (Å²) >= 11 is 5.64. The first-order valence-electron chi connectivity index (χ1n) is 5.68. The Morgan fingerprint density at radius 2 is 2.12 bits per heavy atom. The van der Waals surface area contributed by atoms with Gasteiger partial charge in [0.25, 0.3) is 5.91 Å². The lowest BCUT2D eigenvalue weighted by Gasteiger charge is -2.26. The Morgan fingerprint density at radius 1 is 1.47 bits per heavy atom. The van der Waals surface area contributed by atoms with E-state index in [1.165, 1.54) is 12.8 Å². The van der Waals surface area contributed by atoms with Crippen LogP contribution < -0.4 is 5.32 Å². The van der Waals surface area contributed by atoms with Crippen LogP contribution in [0.2, 0.25) is 0 Å². The van der Waals surface area contributed by atoms with E-state index in [9.17, 15) is 4.79 Å². The standard InChI is InChI=1S/C13H15BrINO/c1-13(2,8-3-4-8)16-12(17)10-7-9(15)5-6-11(10)14/h5-8H,3-4H2,1-2H3,(H,16,17). The van der Waals surface area contributed by atoms with Crippen molar-refractivity contribution in [3.05, 3.63) is 31.8 Å². The molecule has 0 aliphatic heterocycles. The molecule has 2 nitrogen and oxygen atoms in total. The predicted octanol–water partition coefficient (Wildman–Crippen LogP) is 3.97. The molecule has 1 fully saturated rings. The largest absolute Gasteiger partial charge is 0.347 e. The zero-order valence-corrected chi connectivity index (χ0v) is 13.6. The summed E-state index contributed by atoms with van der Waals surface area (Å²) in [6.07, 6.45) is 2.45. The lowest BCUT2D eigenvalue weighted by Crippen LogP contribution is -2.45. The van der Waals surface area contributed by atoms with E-state index in [1.54, 1.807) is 0 Å². The molecule has 1 amide bonds. The molecule has 0 bridgehead atoms. The van der Waals surface area contributed by atoms with Crippen LogP contribution in [-0.4, -0.2) is 11.4 Å². The van der Waals surface area contributed by atoms with Crippen molar-refractivity contribution >= 4 is 44.4 Å². The second-order valence-electron chi connectivity index (χ2n) is 5.07. The Balaban J connectivity index is 2.16. The summed E-state index contributed by atoms with van der Waals surface area (Å²) in [5, 5.41) is 3.13. The van der Waals surface area contributed by atoms with Gasteiger partial charge in [-0.3, -0.25) is 4.79 Å². The fraction of sp³-hybridized carbons (Fsp3) is 0.462. The molecular weight excluding hydrogens is 393 g/mol. The molecule has 4 heteroatoms. The number of carbonyl (C=O) groups is 1. The summed E-state index contributed by atoms with van der Waals surface area (Å²) in [6, 6.07) is 5.80. The van der Waals surface area contributed by atoms with Crippen LogP contribution in [0.15, 0.2) is 22.7 Å². The fourth-order valence-electron chi connectivity index (χ4n) is 1.94. The van der Waals surface area contributed by atoms with Gasteiger partial charge in [0, 0.05) is 13.6 Å². The molecule has 1 saturated carbocycles. The van der Waals surface area contributed by atoms with Gasteiger partial charge >= 0.3 is 0 Å². The molecular formula is C13H15BrINO. The highest BCUT2D eigenvalue weighted by atomic mass is 127. The lowest BCUT2D eigenvalue weighted by molar-refractivity contribution is 0.0902. The number of carbonyl (C=O) groups excluding carboxylic acids is 1. The summed E-state index contributed by atoms with van der Waals surface area (Å²) in [4.78, 5) is 12.2. The van der Waals surface area contributed by atoms with E-state index in [-0.39, 0.29) is 11.4 Å². The maximum Gasteiger partial charge on any atom is 0.252 e. The number of benzene rings is 1. The van der Waals surface area contributed by atoms with Gasteiger partial charge in [-0.25, -0.2) is 0 Å². The molecule has 17 heavy (non-hydrogen) atoms. The molecule has 0 radical (unpaired) electrons. The van der Waals surface area contributed by atoms with E-state index < -0.39 is 0 Å². The summed E-state index contributed by atoms with van der Waals surface area (Å²) in [7, 11) is 0. The van der Waals surface area contributed by atoms with Crippen molar-refractivity contribution in [2.24, 2.45) is 5.92 Å². The molecule has 1 N–H and O–H groups in total. The minimum atomic E-state index is -0.0994. The van der Waals surface area contributed by atoms with Crippen molar-refractivity contribution in [2.75, 3.05) is 0 Å². The number of amides is 1. The predicted molar refractivity (Wildman–Crippen MR) is 81.1 cm³/mol. The number of halogens is 2. The topological polar surface area (TPSA) is 29.1 Å². The Hall–Kier alpha value is -0.100. The van der Waals surface area contributed by atoms with E-state index in [4.69, 9.17) is 0 Å². The summed E-state index contributed by atoms with van der Waals surface area (Å²) in [6.45, 7) is 4.20. The fourth-order valence-corrected chi connectivity index (χ4v) is 2.86. The minimum absolute atomic E-state index is 0.00675. The smallest absolute Gasteiger partial charge is 0.252 e. The van der Waals surface area contributed by atoms with Gasteiger partial charge in [-0.15, -0.1) is 0 Å². The second-order valence-corrected chi connectivity index (χ2v) is 7.17. The number of rotatable bonds is 3. The molecule has 1 aliphatic carbocycles. The highest BCUT2D eigenvalue weighted by Gasteiger charge is 2.39.